The molecule has 1 aromatic heterocycles. The van der Waals surface area contributed by atoms with Crippen molar-refractivity contribution in [1.82, 2.24) is 15.3 Å². The summed E-state index contributed by atoms with van der Waals surface area (Å²) in [5.74, 6) is 6.09. The molecule has 0 aliphatic rings. The summed E-state index contributed by atoms with van der Waals surface area (Å²) in [7, 11) is 1.93. The van der Waals surface area contributed by atoms with Crippen LogP contribution in [-0.2, 0) is 6.54 Å². The van der Waals surface area contributed by atoms with Crippen LogP contribution in [0.25, 0.3) is 0 Å². The summed E-state index contributed by atoms with van der Waals surface area (Å²) in [6, 6.07) is 0.217. The fourth-order valence-electron chi connectivity index (χ4n) is 1.12. The molecule has 0 atom stereocenters. The maximum absolute atomic E-state index is 5.41. The third-order valence-corrected chi connectivity index (χ3v) is 2.39. The van der Waals surface area contributed by atoms with E-state index in [2.05, 4.69) is 15.4 Å². The van der Waals surface area contributed by atoms with E-state index in [1.807, 2.05) is 36.7 Å². The molecule has 15 heavy (non-hydrogen) atoms. The predicted octanol–water partition coefficient (Wildman–Crippen LogP) is 0.803. The van der Waals surface area contributed by atoms with Crippen molar-refractivity contribution in [3.05, 3.63) is 16.6 Å². The van der Waals surface area contributed by atoms with Crippen molar-refractivity contribution in [2.75, 3.05) is 7.05 Å². The van der Waals surface area contributed by atoms with Gasteiger partial charge in [-0.3, -0.25) is 5.43 Å². The van der Waals surface area contributed by atoms with Gasteiger partial charge in [-0.15, -0.1) is 11.3 Å². The molecule has 0 saturated heterocycles. The Kier molecular flexibility index (Phi) is 4.51. The van der Waals surface area contributed by atoms with Gasteiger partial charge in [-0.05, 0) is 13.8 Å². The van der Waals surface area contributed by atoms with Gasteiger partial charge in [-0.2, -0.15) is 0 Å². The highest BCUT2D eigenvalue weighted by molar-refractivity contribution is 7.07. The van der Waals surface area contributed by atoms with Gasteiger partial charge in [0.1, 0.15) is 0 Å². The van der Waals surface area contributed by atoms with Gasteiger partial charge < -0.3 is 4.90 Å². The molecule has 0 bridgehead atoms. The molecule has 1 rings (SSSR count). The smallest absolute Gasteiger partial charge is 0.208 e. The van der Waals surface area contributed by atoms with Crippen LogP contribution in [0.15, 0.2) is 15.9 Å². The standard InChI is InChI=1S/C9H17N5S/c1-7(2)12-9(13-10)14(3)4-8-5-15-6-11-8/h5-7H,4,10H2,1-3H3,(H,12,13). The molecule has 0 radical (unpaired) electrons. The number of guanidine groups is 1. The predicted molar refractivity (Wildman–Crippen MR) is 63.5 cm³/mol. The molecule has 5 nitrogen and oxygen atoms in total. The molecule has 0 spiro atoms. The van der Waals surface area contributed by atoms with Crippen LogP contribution in [-0.4, -0.2) is 28.9 Å². The van der Waals surface area contributed by atoms with E-state index in [0.717, 1.165) is 5.69 Å². The van der Waals surface area contributed by atoms with Crippen molar-refractivity contribution in [2.24, 2.45) is 10.8 Å². The first-order valence-corrected chi connectivity index (χ1v) is 5.70. The van der Waals surface area contributed by atoms with Crippen molar-refractivity contribution in [3.63, 3.8) is 0 Å². The maximum Gasteiger partial charge on any atom is 0.208 e. The number of hydrogen-bond acceptors (Lipinski definition) is 4. The summed E-state index contributed by atoms with van der Waals surface area (Å²) in [5.41, 5.74) is 5.44. The summed E-state index contributed by atoms with van der Waals surface area (Å²) >= 11 is 1.59. The molecule has 6 heteroatoms. The van der Waals surface area contributed by atoms with Crippen LogP contribution in [0.3, 0.4) is 0 Å². The summed E-state index contributed by atoms with van der Waals surface area (Å²) in [4.78, 5) is 10.5. The molecule has 0 saturated carbocycles. The van der Waals surface area contributed by atoms with E-state index in [0.29, 0.717) is 12.5 Å². The molecule has 84 valence electrons. The number of rotatable bonds is 3. The lowest BCUT2D eigenvalue weighted by Crippen LogP contribution is -2.43. The normalized spacial score (nSPS) is 11.9. The van der Waals surface area contributed by atoms with Gasteiger partial charge in [0.25, 0.3) is 0 Å². The number of aliphatic imine (C=N–C) groups is 1. The van der Waals surface area contributed by atoms with E-state index in [-0.39, 0.29) is 6.04 Å². The van der Waals surface area contributed by atoms with Gasteiger partial charge >= 0.3 is 0 Å². The summed E-state index contributed by atoms with van der Waals surface area (Å²) in [6.45, 7) is 4.72. The average molecular weight is 227 g/mol. The van der Waals surface area contributed by atoms with Crippen molar-refractivity contribution in [3.8, 4) is 0 Å². The molecule has 0 aromatic carbocycles. The van der Waals surface area contributed by atoms with Crippen LogP contribution >= 0.6 is 11.3 Å². The molecular weight excluding hydrogens is 210 g/mol. The number of hydrazine groups is 1. The van der Waals surface area contributed by atoms with Gasteiger partial charge in [-0.1, -0.05) is 0 Å². The highest BCUT2D eigenvalue weighted by Crippen LogP contribution is 2.04. The minimum atomic E-state index is 0.217. The number of nitrogens with one attached hydrogen (secondary N) is 1. The molecule has 1 heterocycles. The Morgan fingerprint density at radius 3 is 2.93 bits per heavy atom. The minimum Gasteiger partial charge on any atom is -0.339 e. The Morgan fingerprint density at radius 2 is 2.47 bits per heavy atom. The monoisotopic (exact) mass is 227 g/mol. The van der Waals surface area contributed by atoms with Crippen LogP contribution in [0, 0.1) is 0 Å². The Labute approximate surface area is 94.0 Å². The SMILES string of the molecule is CC(C)N=C(NN)N(C)Cc1cscn1. The molecule has 0 aliphatic carbocycles. The van der Waals surface area contributed by atoms with Crippen LogP contribution in [0.5, 0.6) is 0 Å². The average Bonchev–Trinajstić information content (AvgIpc) is 2.66. The van der Waals surface area contributed by atoms with E-state index in [1.54, 1.807) is 11.3 Å². The third-order valence-electron chi connectivity index (χ3n) is 1.75. The van der Waals surface area contributed by atoms with Gasteiger partial charge in [0.05, 0.1) is 17.7 Å². The lowest BCUT2D eigenvalue weighted by Gasteiger charge is -2.20. The van der Waals surface area contributed by atoms with Crippen LogP contribution in [0.2, 0.25) is 0 Å². The largest absolute Gasteiger partial charge is 0.339 e. The topological polar surface area (TPSA) is 66.5 Å². The maximum atomic E-state index is 5.41. The Morgan fingerprint density at radius 1 is 1.73 bits per heavy atom. The fraction of sp³-hybridized carbons (Fsp3) is 0.556. The molecule has 0 aliphatic heterocycles. The van der Waals surface area contributed by atoms with Gasteiger partial charge in [-0.25, -0.2) is 15.8 Å². The van der Waals surface area contributed by atoms with E-state index in [9.17, 15) is 0 Å². The number of hydrogen-bond donors (Lipinski definition) is 2. The molecule has 0 unspecified atom stereocenters. The highest BCUT2D eigenvalue weighted by atomic mass is 32.1. The van der Waals surface area contributed by atoms with Crippen LogP contribution in [0.4, 0.5) is 0 Å². The first-order chi connectivity index (χ1) is 7.13. The molecular formula is C9H17N5S. The minimum absolute atomic E-state index is 0.217. The Balaban J connectivity index is 2.61. The quantitative estimate of drug-likeness (QED) is 0.347. The number of aromatic nitrogens is 1. The van der Waals surface area contributed by atoms with Crippen LogP contribution < -0.4 is 11.3 Å². The number of nitrogens with two attached hydrogens (primary N) is 1. The second-order valence-electron chi connectivity index (χ2n) is 3.53. The van der Waals surface area contributed by atoms with Crippen molar-refractivity contribution < 1.29 is 0 Å². The molecule has 0 fully saturated rings. The highest BCUT2D eigenvalue weighted by Gasteiger charge is 2.07. The third kappa shape index (κ3) is 3.85. The lowest BCUT2D eigenvalue weighted by atomic mass is 10.4. The Bertz CT molecular complexity index is 306. The van der Waals surface area contributed by atoms with E-state index in [4.69, 9.17) is 5.84 Å². The molecule has 1 aromatic rings. The molecule has 0 amide bonds. The van der Waals surface area contributed by atoms with Gasteiger partial charge in [0.2, 0.25) is 5.96 Å². The second-order valence-corrected chi connectivity index (χ2v) is 4.25. The lowest BCUT2D eigenvalue weighted by molar-refractivity contribution is 0.468. The zero-order chi connectivity index (χ0) is 11.3. The first-order valence-electron chi connectivity index (χ1n) is 4.76. The van der Waals surface area contributed by atoms with Gasteiger partial charge in [0, 0.05) is 18.5 Å². The number of nitrogens with zero attached hydrogens (tertiary/aromatic N) is 3. The summed E-state index contributed by atoms with van der Waals surface area (Å²) < 4.78 is 0. The van der Waals surface area contributed by atoms with Gasteiger partial charge in [0.15, 0.2) is 0 Å². The summed E-state index contributed by atoms with van der Waals surface area (Å²) in [5, 5.41) is 2.01. The van der Waals surface area contributed by atoms with E-state index >= 15 is 0 Å². The van der Waals surface area contributed by atoms with Crippen molar-refractivity contribution in [2.45, 2.75) is 26.4 Å². The van der Waals surface area contributed by atoms with Crippen molar-refractivity contribution in [1.29, 1.82) is 0 Å². The fourth-order valence-corrected chi connectivity index (χ4v) is 1.67. The Hall–Kier alpha value is -1.14. The zero-order valence-corrected chi connectivity index (χ0v) is 10.1. The van der Waals surface area contributed by atoms with Crippen LogP contribution in [0.1, 0.15) is 19.5 Å². The summed E-state index contributed by atoms with van der Waals surface area (Å²) in [6.07, 6.45) is 0. The number of thiazole rings is 1. The second kappa shape index (κ2) is 5.67. The van der Waals surface area contributed by atoms with E-state index < -0.39 is 0 Å². The first kappa shape index (κ1) is 11.9. The van der Waals surface area contributed by atoms with E-state index in [1.165, 1.54) is 0 Å². The zero-order valence-electron chi connectivity index (χ0n) is 9.27. The molecule has 3 N–H and O–H groups in total. The van der Waals surface area contributed by atoms with Crippen molar-refractivity contribution >= 4 is 17.3 Å².